The van der Waals surface area contributed by atoms with E-state index in [1.165, 1.54) is 4.90 Å². The standard InChI is InChI=1S/C33H32ClN3O3/c1-33(2,3)35-31(39)28(19-22-9-5-4-6-10-22)36(20-23-15-17-25(34)18-16-23)29(38)21-37-27-14-8-12-24-11-7-13-26(30(24)27)32(37)40/h4-18,28H,19-21H2,1-3H3,(H,35,39)/t28-/m1/s1. The van der Waals surface area contributed by atoms with E-state index in [2.05, 4.69) is 5.32 Å². The summed E-state index contributed by atoms with van der Waals surface area (Å²) in [6, 6.07) is 27.4. The molecule has 204 valence electrons. The predicted octanol–water partition coefficient (Wildman–Crippen LogP) is 6.01. The third kappa shape index (κ3) is 5.87. The first-order valence-corrected chi connectivity index (χ1v) is 13.7. The molecule has 0 bridgehead atoms. The van der Waals surface area contributed by atoms with Gasteiger partial charge in [-0.1, -0.05) is 78.3 Å². The minimum atomic E-state index is -0.805. The molecule has 3 amide bonds. The molecule has 0 radical (unpaired) electrons. The highest BCUT2D eigenvalue weighted by atomic mass is 35.5. The highest BCUT2D eigenvalue weighted by Crippen LogP contribution is 2.37. The maximum atomic E-state index is 14.2. The van der Waals surface area contributed by atoms with Crippen molar-refractivity contribution in [3.8, 4) is 0 Å². The van der Waals surface area contributed by atoms with Crippen LogP contribution < -0.4 is 10.2 Å². The van der Waals surface area contributed by atoms with Gasteiger partial charge in [-0.3, -0.25) is 19.3 Å². The number of amides is 3. The summed E-state index contributed by atoms with van der Waals surface area (Å²) < 4.78 is 0. The molecule has 6 nitrogen and oxygen atoms in total. The van der Waals surface area contributed by atoms with Crippen LogP contribution in [0, 0.1) is 0 Å². The monoisotopic (exact) mass is 553 g/mol. The second-order valence-corrected chi connectivity index (χ2v) is 11.6. The Kier molecular flexibility index (Phi) is 7.63. The zero-order chi connectivity index (χ0) is 28.4. The van der Waals surface area contributed by atoms with E-state index in [0.29, 0.717) is 22.7 Å². The summed E-state index contributed by atoms with van der Waals surface area (Å²) in [7, 11) is 0. The van der Waals surface area contributed by atoms with Crippen LogP contribution in [0.2, 0.25) is 5.02 Å². The van der Waals surface area contributed by atoms with Gasteiger partial charge in [-0.05, 0) is 61.5 Å². The molecule has 0 aromatic heterocycles. The highest BCUT2D eigenvalue weighted by Gasteiger charge is 2.36. The van der Waals surface area contributed by atoms with Crippen molar-refractivity contribution in [3.63, 3.8) is 0 Å². The molecule has 4 aromatic carbocycles. The van der Waals surface area contributed by atoms with Crippen molar-refractivity contribution >= 4 is 45.8 Å². The summed E-state index contributed by atoms with van der Waals surface area (Å²) in [4.78, 5) is 44.6. The number of benzene rings is 4. The van der Waals surface area contributed by atoms with E-state index in [1.807, 2.05) is 93.6 Å². The van der Waals surface area contributed by atoms with Crippen LogP contribution >= 0.6 is 11.6 Å². The average Bonchev–Trinajstić information content (AvgIpc) is 3.19. The van der Waals surface area contributed by atoms with E-state index >= 15 is 0 Å². The first kappa shape index (κ1) is 27.4. The van der Waals surface area contributed by atoms with Crippen LogP contribution in [0.5, 0.6) is 0 Å². The van der Waals surface area contributed by atoms with Gasteiger partial charge in [0.2, 0.25) is 11.8 Å². The summed E-state index contributed by atoms with van der Waals surface area (Å²) >= 11 is 6.13. The summed E-state index contributed by atoms with van der Waals surface area (Å²) in [5.41, 5.74) is 2.55. The molecular formula is C33H32ClN3O3. The SMILES string of the molecule is CC(C)(C)NC(=O)[C@@H](Cc1ccccc1)N(Cc1ccc(Cl)cc1)C(=O)CN1C(=O)c2cccc3cccc1c23. The number of nitrogens with zero attached hydrogens (tertiary/aromatic N) is 2. The molecule has 1 aliphatic heterocycles. The van der Waals surface area contributed by atoms with Crippen LogP contribution in [0.15, 0.2) is 91.0 Å². The van der Waals surface area contributed by atoms with Gasteiger partial charge in [-0.25, -0.2) is 0 Å². The molecule has 0 fully saturated rings. The Bertz CT molecular complexity index is 1560. The van der Waals surface area contributed by atoms with Crippen molar-refractivity contribution in [1.29, 1.82) is 0 Å². The second kappa shape index (κ2) is 11.1. The van der Waals surface area contributed by atoms with Gasteiger partial charge in [0.05, 0.1) is 5.69 Å². The molecule has 7 heteroatoms. The number of hydrogen-bond donors (Lipinski definition) is 1. The maximum absolute atomic E-state index is 14.2. The van der Waals surface area contributed by atoms with Crippen molar-refractivity contribution in [1.82, 2.24) is 10.2 Å². The van der Waals surface area contributed by atoms with Crippen LogP contribution in [0.1, 0.15) is 42.3 Å². The summed E-state index contributed by atoms with van der Waals surface area (Å²) in [5.74, 6) is -0.791. The van der Waals surface area contributed by atoms with Gasteiger partial charge >= 0.3 is 0 Å². The van der Waals surface area contributed by atoms with Gasteiger partial charge in [-0.2, -0.15) is 0 Å². The van der Waals surface area contributed by atoms with Crippen LogP contribution in [-0.4, -0.2) is 40.7 Å². The van der Waals surface area contributed by atoms with Gasteiger partial charge in [-0.15, -0.1) is 0 Å². The number of rotatable bonds is 8. The van der Waals surface area contributed by atoms with E-state index in [4.69, 9.17) is 11.6 Å². The molecule has 1 atom stereocenters. The second-order valence-electron chi connectivity index (χ2n) is 11.2. The summed E-state index contributed by atoms with van der Waals surface area (Å²) in [6.07, 6.45) is 0.325. The lowest BCUT2D eigenvalue weighted by atomic mass is 10.0. The van der Waals surface area contributed by atoms with E-state index in [1.54, 1.807) is 23.1 Å². The zero-order valence-corrected chi connectivity index (χ0v) is 23.6. The van der Waals surface area contributed by atoms with Gasteiger partial charge in [0.15, 0.2) is 0 Å². The van der Waals surface area contributed by atoms with E-state index < -0.39 is 11.6 Å². The highest BCUT2D eigenvalue weighted by molar-refractivity contribution is 6.30. The van der Waals surface area contributed by atoms with Crippen LogP contribution in [0.25, 0.3) is 10.8 Å². The van der Waals surface area contributed by atoms with Gasteiger partial charge < -0.3 is 10.2 Å². The molecule has 0 spiro atoms. The molecule has 5 rings (SSSR count). The topological polar surface area (TPSA) is 69.7 Å². The number of hydrogen-bond acceptors (Lipinski definition) is 3. The molecule has 1 N–H and O–H groups in total. The third-order valence-corrected chi connectivity index (χ3v) is 7.23. The fraction of sp³-hybridized carbons (Fsp3) is 0.242. The first-order chi connectivity index (χ1) is 19.1. The van der Waals surface area contributed by atoms with E-state index in [9.17, 15) is 14.4 Å². The fourth-order valence-corrected chi connectivity index (χ4v) is 5.28. The normalized spacial score (nSPS) is 13.4. The number of carbonyl (C=O) groups excluding carboxylic acids is 3. The maximum Gasteiger partial charge on any atom is 0.259 e. The fourth-order valence-electron chi connectivity index (χ4n) is 5.16. The lowest BCUT2D eigenvalue weighted by Gasteiger charge is -2.34. The van der Waals surface area contributed by atoms with Crippen molar-refractivity contribution < 1.29 is 14.4 Å². The lowest BCUT2D eigenvalue weighted by Crippen LogP contribution is -2.56. The van der Waals surface area contributed by atoms with Crippen molar-refractivity contribution in [3.05, 3.63) is 113 Å². The summed E-state index contributed by atoms with van der Waals surface area (Å²) in [6.45, 7) is 5.74. The quantitative estimate of drug-likeness (QED) is 0.290. The number of carbonyl (C=O) groups is 3. The number of nitrogens with one attached hydrogen (secondary N) is 1. The van der Waals surface area contributed by atoms with Gasteiger partial charge in [0, 0.05) is 34.5 Å². The van der Waals surface area contributed by atoms with Crippen molar-refractivity contribution in [2.45, 2.75) is 45.3 Å². The minimum Gasteiger partial charge on any atom is -0.350 e. The number of anilines is 1. The van der Waals surface area contributed by atoms with Crippen molar-refractivity contribution in [2.24, 2.45) is 0 Å². The molecule has 4 aromatic rings. The predicted molar refractivity (Wildman–Crippen MR) is 159 cm³/mol. The molecule has 0 unspecified atom stereocenters. The van der Waals surface area contributed by atoms with E-state index in [0.717, 1.165) is 21.9 Å². The van der Waals surface area contributed by atoms with E-state index in [-0.39, 0.29) is 30.8 Å². The Hall–Kier alpha value is -4.16. The number of halogens is 1. The Morgan fingerprint density at radius 3 is 2.23 bits per heavy atom. The molecule has 0 saturated heterocycles. The third-order valence-electron chi connectivity index (χ3n) is 6.98. The zero-order valence-electron chi connectivity index (χ0n) is 22.9. The van der Waals surface area contributed by atoms with Gasteiger partial charge in [0.1, 0.15) is 12.6 Å². The summed E-state index contributed by atoms with van der Waals surface area (Å²) in [5, 5.41) is 5.45. The van der Waals surface area contributed by atoms with Crippen LogP contribution in [-0.2, 0) is 22.6 Å². The Balaban J connectivity index is 1.52. The Morgan fingerprint density at radius 1 is 0.875 bits per heavy atom. The van der Waals surface area contributed by atoms with Gasteiger partial charge in [0.25, 0.3) is 5.91 Å². The Morgan fingerprint density at radius 2 is 1.55 bits per heavy atom. The lowest BCUT2D eigenvalue weighted by molar-refractivity contribution is -0.140. The molecule has 1 heterocycles. The molecule has 1 aliphatic rings. The first-order valence-electron chi connectivity index (χ1n) is 13.3. The Labute approximate surface area is 239 Å². The van der Waals surface area contributed by atoms with Crippen molar-refractivity contribution in [2.75, 3.05) is 11.4 Å². The average molecular weight is 554 g/mol. The molecule has 0 saturated carbocycles. The largest absolute Gasteiger partial charge is 0.350 e. The minimum absolute atomic E-state index is 0.185. The van der Waals surface area contributed by atoms with Crippen LogP contribution in [0.3, 0.4) is 0 Å². The molecule has 40 heavy (non-hydrogen) atoms. The smallest absolute Gasteiger partial charge is 0.259 e. The molecule has 0 aliphatic carbocycles. The molecular weight excluding hydrogens is 522 g/mol. The van der Waals surface area contributed by atoms with Crippen LogP contribution in [0.4, 0.5) is 5.69 Å².